The lowest BCUT2D eigenvalue weighted by molar-refractivity contribution is -0.359. The fourth-order valence-corrected chi connectivity index (χ4v) is 12.5. The van der Waals surface area contributed by atoms with E-state index in [1.165, 1.54) is 270 Å². The molecule has 84 heavy (non-hydrogen) atoms. The molecule has 0 saturated carbocycles. The standard InChI is InChI=1S/C70H137NO13/c1-3-5-7-9-11-13-15-17-19-21-23-25-26-27-28-29-30-31-32-34-35-37-39-41-43-45-47-49-51-53-59(74)58(57-81-69-67(80)65(78)68(61(56-73)83-69)84-70-66(79)64(77)63(76)60(55-72)82-70)71-62(75)54-52-50-48-46-44-42-40-38-36-33-24-22-20-18-16-14-12-10-8-6-4-2/h58-61,63-70,72-74,76-80H,3-57H2,1-2H3,(H,71,75). The van der Waals surface area contributed by atoms with Crippen LogP contribution in [0.4, 0.5) is 0 Å². The van der Waals surface area contributed by atoms with Gasteiger partial charge >= 0.3 is 0 Å². The van der Waals surface area contributed by atoms with Crippen LogP contribution in [0.1, 0.15) is 348 Å². The fourth-order valence-electron chi connectivity index (χ4n) is 12.5. The van der Waals surface area contributed by atoms with Crippen LogP contribution >= 0.6 is 0 Å². The Morgan fingerprint density at radius 2 is 0.679 bits per heavy atom. The van der Waals surface area contributed by atoms with E-state index in [1.54, 1.807) is 0 Å². The molecule has 0 aliphatic carbocycles. The number of amides is 1. The zero-order valence-corrected chi connectivity index (χ0v) is 54.4. The number of aliphatic hydroxyl groups excluding tert-OH is 8. The number of hydrogen-bond donors (Lipinski definition) is 9. The van der Waals surface area contributed by atoms with Gasteiger partial charge in [-0.2, -0.15) is 0 Å². The van der Waals surface area contributed by atoms with Gasteiger partial charge in [0, 0.05) is 6.42 Å². The second-order valence-corrected chi connectivity index (χ2v) is 26.1. The summed E-state index contributed by atoms with van der Waals surface area (Å²) in [5.74, 6) is -0.197. The van der Waals surface area contributed by atoms with Crippen LogP contribution in [-0.2, 0) is 23.7 Å². The Labute approximate surface area is 514 Å². The monoisotopic (exact) mass is 1200 g/mol. The maximum atomic E-state index is 13.3. The van der Waals surface area contributed by atoms with E-state index in [-0.39, 0.29) is 12.5 Å². The molecule has 2 aliphatic rings. The summed E-state index contributed by atoms with van der Waals surface area (Å²) in [6.07, 6.45) is 49.8. The number of rotatable bonds is 61. The molecule has 0 aromatic rings. The third kappa shape index (κ3) is 39.9. The highest BCUT2D eigenvalue weighted by Crippen LogP contribution is 2.30. The van der Waals surface area contributed by atoms with Crippen molar-refractivity contribution >= 4 is 5.91 Å². The summed E-state index contributed by atoms with van der Waals surface area (Å²) < 4.78 is 22.9. The van der Waals surface area contributed by atoms with Crippen molar-refractivity contribution in [2.75, 3.05) is 19.8 Å². The lowest BCUT2D eigenvalue weighted by Gasteiger charge is -2.46. The smallest absolute Gasteiger partial charge is 0.220 e. The maximum absolute atomic E-state index is 13.3. The predicted octanol–water partition coefficient (Wildman–Crippen LogP) is 14.8. The second kappa shape index (κ2) is 56.0. The van der Waals surface area contributed by atoms with Crippen LogP contribution in [0.15, 0.2) is 0 Å². The average Bonchev–Trinajstić information content (AvgIpc) is 3.64. The molecule has 0 bridgehead atoms. The SMILES string of the molecule is CCCCCCCCCCCCCCCCCCCCCCCCCCCCCCCC(O)C(COC1OC(CO)C(OC2OC(CO)C(O)C(O)C2O)C(O)C1O)NC(=O)CCCCCCCCCCCCCCCCCCCCCCC. The molecule has 12 unspecified atom stereocenters. The number of carbonyl (C=O) groups excluding carboxylic acids is 1. The molecular weight excluding hydrogens is 1060 g/mol. The molecule has 2 heterocycles. The van der Waals surface area contributed by atoms with Crippen molar-refractivity contribution in [2.24, 2.45) is 0 Å². The molecule has 14 nitrogen and oxygen atoms in total. The van der Waals surface area contributed by atoms with Gasteiger partial charge in [0.2, 0.25) is 5.91 Å². The van der Waals surface area contributed by atoms with E-state index in [0.717, 1.165) is 51.4 Å². The minimum Gasteiger partial charge on any atom is -0.394 e. The van der Waals surface area contributed by atoms with Gasteiger partial charge in [0.15, 0.2) is 12.6 Å². The first-order valence-electron chi connectivity index (χ1n) is 36.3. The summed E-state index contributed by atoms with van der Waals surface area (Å²) in [4.78, 5) is 13.3. The van der Waals surface area contributed by atoms with E-state index in [9.17, 15) is 45.6 Å². The summed E-state index contributed by atoms with van der Waals surface area (Å²) in [5.41, 5.74) is 0. The Balaban J connectivity index is 1.64. The third-order valence-electron chi connectivity index (χ3n) is 18.3. The summed E-state index contributed by atoms with van der Waals surface area (Å²) in [5, 5.41) is 87.7. The van der Waals surface area contributed by atoms with Crippen molar-refractivity contribution < 1.29 is 64.6 Å². The number of carbonyl (C=O) groups is 1. The molecule has 500 valence electrons. The van der Waals surface area contributed by atoms with E-state index in [2.05, 4.69) is 19.2 Å². The van der Waals surface area contributed by atoms with Crippen molar-refractivity contribution in [2.45, 2.75) is 421 Å². The first kappa shape index (κ1) is 79.1. The molecule has 1 amide bonds. The zero-order valence-electron chi connectivity index (χ0n) is 54.4. The predicted molar refractivity (Wildman–Crippen MR) is 342 cm³/mol. The van der Waals surface area contributed by atoms with E-state index >= 15 is 0 Å². The van der Waals surface area contributed by atoms with Gasteiger partial charge in [0.05, 0.1) is 32.0 Å². The topological polar surface area (TPSA) is 228 Å². The molecule has 2 fully saturated rings. The molecule has 9 N–H and O–H groups in total. The van der Waals surface area contributed by atoms with Gasteiger partial charge in [-0.05, 0) is 12.8 Å². The fraction of sp³-hybridized carbons (Fsp3) is 0.986. The first-order chi connectivity index (χ1) is 41.1. The first-order valence-corrected chi connectivity index (χ1v) is 36.3. The Bertz CT molecular complexity index is 1410. The molecule has 0 aromatic heterocycles. The molecular formula is C70H137NO13. The minimum atomic E-state index is -1.78. The number of aliphatic hydroxyl groups is 8. The van der Waals surface area contributed by atoms with Crippen LogP contribution in [0.3, 0.4) is 0 Å². The summed E-state index contributed by atoms with van der Waals surface area (Å²) >= 11 is 0. The zero-order chi connectivity index (χ0) is 60.9. The van der Waals surface area contributed by atoms with Crippen molar-refractivity contribution in [3.05, 3.63) is 0 Å². The van der Waals surface area contributed by atoms with Crippen LogP contribution < -0.4 is 5.32 Å². The maximum Gasteiger partial charge on any atom is 0.220 e. The lowest BCUT2D eigenvalue weighted by Crippen LogP contribution is -2.65. The van der Waals surface area contributed by atoms with Crippen molar-refractivity contribution in [3.8, 4) is 0 Å². The summed E-state index contributed by atoms with van der Waals surface area (Å²) in [6.45, 7) is 2.93. The number of unbranched alkanes of at least 4 members (excludes halogenated alkanes) is 48. The Morgan fingerprint density at radius 3 is 1.01 bits per heavy atom. The van der Waals surface area contributed by atoms with Crippen LogP contribution in [-0.4, -0.2) is 140 Å². The molecule has 12 atom stereocenters. The van der Waals surface area contributed by atoms with Crippen molar-refractivity contribution in [1.82, 2.24) is 5.32 Å². The van der Waals surface area contributed by atoms with Gasteiger partial charge in [0.1, 0.15) is 48.8 Å². The quantitative estimate of drug-likeness (QED) is 0.0259. The Morgan fingerprint density at radius 1 is 0.381 bits per heavy atom. The molecule has 0 radical (unpaired) electrons. The molecule has 2 aliphatic heterocycles. The minimum absolute atomic E-state index is 0.197. The van der Waals surface area contributed by atoms with Crippen LogP contribution in [0, 0.1) is 0 Å². The van der Waals surface area contributed by atoms with E-state index in [1.807, 2.05) is 0 Å². The van der Waals surface area contributed by atoms with E-state index in [0.29, 0.717) is 12.8 Å². The second-order valence-electron chi connectivity index (χ2n) is 26.1. The molecule has 2 saturated heterocycles. The van der Waals surface area contributed by atoms with Gasteiger partial charge in [-0.25, -0.2) is 0 Å². The molecule has 0 aromatic carbocycles. The van der Waals surface area contributed by atoms with Gasteiger partial charge in [-0.1, -0.05) is 328 Å². The van der Waals surface area contributed by atoms with E-state index < -0.39 is 86.8 Å². The van der Waals surface area contributed by atoms with Gasteiger partial charge < -0.3 is 65.1 Å². The number of nitrogens with one attached hydrogen (secondary N) is 1. The molecule has 2 rings (SSSR count). The van der Waals surface area contributed by atoms with Gasteiger partial charge in [-0.3, -0.25) is 4.79 Å². The highest BCUT2D eigenvalue weighted by atomic mass is 16.7. The Kier molecular flexibility index (Phi) is 52.7. The molecule has 0 spiro atoms. The van der Waals surface area contributed by atoms with E-state index in [4.69, 9.17) is 18.9 Å². The summed E-state index contributed by atoms with van der Waals surface area (Å²) in [6, 6.07) is -0.824. The van der Waals surface area contributed by atoms with Crippen LogP contribution in [0.2, 0.25) is 0 Å². The van der Waals surface area contributed by atoms with Crippen molar-refractivity contribution in [1.29, 1.82) is 0 Å². The third-order valence-corrected chi connectivity index (χ3v) is 18.3. The highest BCUT2D eigenvalue weighted by molar-refractivity contribution is 5.76. The number of hydrogen-bond acceptors (Lipinski definition) is 13. The highest BCUT2D eigenvalue weighted by Gasteiger charge is 2.51. The number of ether oxygens (including phenoxy) is 4. The Hall–Kier alpha value is -1.01. The van der Waals surface area contributed by atoms with Crippen molar-refractivity contribution in [3.63, 3.8) is 0 Å². The van der Waals surface area contributed by atoms with Crippen LogP contribution in [0.5, 0.6) is 0 Å². The normalized spacial score (nSPS) is 23.5. The van der Waals surface area contributed by atoms with Gasteiger partial charge in [0.25, 0.3) is 0 Å². The lowest BCUT2D eigenvalue weighted by atomic mass is 9.97. The van der Waals surface area contributed by atoms with Gasteiger partial charge in [-0.15, -0.1) is 0 Å². The largest absolute Gasteiger partial charge is 0.394 e. The van der Waals surface area contributed by atoms with Crippen LogP contribution in [0.25, 0.3) is 0 Å². The summed E-state index contributed by atoms with van der Waals surface area (Å²) in [7, 11) is 0. The molecule has 14 heteroatoms. The average molecular weight is 1200 g/mol.